The Morgan fingerprint density at radius 3 is 2.54 bits per heavy atom. The Hall–Kier alpha value is -2.68. The van der Waals surface area contributed by atoms with Crippen LogP contribution in [0.2, 0.25) is 0 Å². The van der Waals surface area contributed by atoms with Crippen LogP contribution in [-0.4, -0.2) is 78.4 Å². The van der Waals surface area contributed by atoms with Gasteiger partial charge in [0.2, 0.25) is 5.95 Å². The molecule has 2 aromatic heterocycles. The topological polar surface area (TPSA) is 87.8 Å². The highest BCUT2D eigenvalue weighted by Gasteiger charge is 2.25. The largest absolute Gasteiger partial charge is 0.378 e. The lowest BCUT2D eigenvalue weighted by atomic mass is 10.2. The second-order valence-electron chi connectivity index (χ2n) is 6.42. The molecule has 0 N–H and O–H groups in total. The second kappa shape index (κ2) is 7.28. The summed E-state index contributed by atoms with van der Waals surface area (Å²) < 4.78 is 10.4. The van der Waals surface area contributed by atoms with Gasteiger partial charge in [0.15, 0.2) is 5.69 Å². The Morgan fingerprint density at radius 2 is 1.85 bits per heavy atom. The van der Waals surface area contributed by atoms with Crippen molar-refractivity contribution < 1.29 is 14.1 Å². The number of nitrogens with zero attached hydrogens (tertiary/aromatic N) is 6. The number of hydrogen-bond donors (Lipinski definition) is 0. The fraction of sp³-hybridized carbons (Fsp3) is 0.529. The first kappa shape index (κ1) is 16.8. The average molecular weight is 358 g/mol. The fourth-order valence-corrected chi connectivity index (χ4v) is 3.20. The molecule has 1 amide bonds. The van der Waals surface area contributed by atoms with Crippen molar-refractivity contribution in [3.63, 3.8) is 0 Å². The van der Waals surface area contributed by atoms with Gasteiger partial charge in [-0.25, -0.2) is 4.98 Å². The number of carbonyl (C=O) groups is 1. The Balaban J connectivity index is 1.39. The summed E-state index contributed by atoms with van der Waals surface area (Å²) in [5, 5.41) is 3.82. The van der Waals surface area contributed by atoms with E-state index in [1.807, 2.05) is 6.07 Å². The van der Waals surface area contributed by atoms with Crippen molar-refractivity contribution in [1.82, 2.24) is 20.0 Å². The second-order valence-corrected chi connectivity index (χ2v) is 6.42. The van der Waals surface area contributed by atoms with E-state index in [1.54, 1.807) is 24.1 Å². The van der Waals surface area contributed by atoms with Gasteiger partial charge in [0.05, 0.1) is 13.2 Å². The Labute approximate surface area is 151 Å². The van der Waals surface area contributed by atoms with Crippen LogP contribution < -0.4 is 9.80 Å². The first-order valence-electron chi connectivity index (χ1n) is 8.84. The molecule has 4 heterocycles. The molecule has 0 spiro atoms. The van der Waals surface area contributed by atoms with Gasteiger partial charge in [-0.05, 0) is 13.0 Å². The van der Waals surface area contributed by atoms with Crippen LogP contribution in [0.1, 0.15) is 16.2 Å². The van der Waals surface area contributed by atoms with Crippen LogP contribution >= 0.6 is 0 Å². The molecule has 0 aliphatic carbocycles. The lowest BCUT2D eigenvalue weighted by Gasteiger charge is -2.35. The standard InChI is InChI=1S/C17H22N6O3/c1-13-12-14(20-26-13)16(24)22-6-4-21(5-7-22)15-2-3-18-17(19-15)23-8-10-25-11-9-23/h2-3,12H,4-11H2,1H3. The van der Waals surface area contributed by atoms with E-state index in [0.29, 0.717) is 37.8 Å². The molecular formula is C17H22N6O3. The van der Waals surface area contributed by atoms with E-state index in [1.165, 1.54) is 0 Å². The highest BCUT2D eigenvalue weighted by molar-refractivity contribution is 5.92. The molecule has 0 radical (unpaired) electrons. The van der Waals surface area contributed by atoms with E-state index >= 15 is 0 Å². The van der Waals surface area contributed by atoms with Gasteiger partial charge in [-0.3, -0.25) is 4.79 Å². The molecule has 2 fully saturated rings. The third-order valence-electron chi connectivity index (χ3n) is 4.66. The number of rotatable bonds is 3. The molecule has 2 saturated heterocycles. The third-order valence-corrected chi connectivity index (χ3v) is 4.66. The molecule has 2 aromatic rings. The molecule has 26 heavy (non-hydrogen) atoms. The predicted molar refractivity (Wildman–Crippen MR) is 94.4 cm³/mol. The van der Waals surface area contributed by atoms with Gasteiger partial charge < -0.3 is 24.0 Å². The van der Waals surface area contributed by atoms with Gasteiger partial charge in [-0.15, -0.1) is 0 Å². The van der Waals surface area contributed by atoms with E-state index in [-0.39, 0.29) is 5.91 Å². The molecule has 0 atom stereocenters. The van der Waals surface area contributed by atoms with Crippen LogP contribution in [0, 0.1) is 6.92 Å². The van der Waals surface area contributed by atoms with Gasteiger partial charge in [-0.2, -0.15) is 4.98 Å². The van der Waals surface area contributed by atoms with Gasteiger partial charge in [0.1, 0.15) is 11.6 Å². The average Bonchev–Trinajstić information content (AvgIpc) is 3.15. The van der Waals surface area contributed by atoms with Gasteiger partial charge in [0, 0.05) is 51.5 Å². The van der Waals surface area contributed by atoms with E-state index in [9.17, 15) is 4.79 Å². The molecular weight excluding hydrogens is 336 g/mol. The van der Waals surface area contributed by atoms with Crippen LogP contribution in [-0.2, 0) is 4.74 Å². The summed E-state index contributed by atoms with van der Waals surface area (Å²) in [5.41, 5.74) is 0.368. The van der Waals surface area contributed by atoms with E-state index in [0.717, 1.165) is 37.9 Å². The summed E-state index contributed by atoms with van der Waals surface area (Å²) in [6.45, 7) is 7.51. The minimum absolute atomic E-state index is 0.0850. The first-order valence-corrected chi connectivity index (χ1v) is 8.84. The van der Waals surface area contributed by atoms with Crippen molar-refractivity contribution in [2.45, 2.75) is 6.92 Å². The highest BCUT2D eigenvalue weighted by Crippen LogP contribution is 2.18. The minimum Gasteiger partial charge on any atom is -0.378 e. The van der Waals surface area contributed by atoms with E-state index in [4.69, 9.17) is 14.2 Å². The minimum atomic E-state index is -0.0850. The quantitative estimate of drug-likeness (QED) is 0.787. The number of carbonyl (C=O) groups excluding carboxylic acids is 1. The van der Waals surface area contributed by atoms with Crippen molar-refractivity contribution in [3.05, 3.63) is 29.8 Å². The maximum absolute atomic E-state index is 12.5. The molecule has 4 rings (SSSR count). The molecule has 0 unspecified atom stereocenters. The summed E-state index contributed by atoms with van der Waals surface area (Å²) >= 11 is 0. The highest BCUT2D eigenvalue weighted by atomic mass is 16.5. The third kappa shape index (κ3) is 3.48. The molecule has 2 aliphatic heterocycles. The van der Waals surface area contributed by atoms with Crippen LogP contribution in [0.3, 0.4) is 0 Å². The molecule has 9 heteroatoms. The van der Waals surface area contributed by atoms with Crippen molar-refractivity contribution >= 4 is 17.7 Å². The zero-order chi connectivity index (χ0) is 17.9. The molecule has 138 valence electrons. The van der Waals surface area contributed by atoms with Crippen LogP contribution in [0.15, 0.2) is 22.9 Å². The molecule has 0 bridgehead atoms. The van der Waals surface area contributed by atoms with Crippen LogP contribution in [0.25, 0.3) is 0 Å². The van der Waals surface area contributed by atoms with E-state index in [2.05, 4.69) is 19.9 Å². The predicted octanol–water partition coefficient (Wildman–Crippen LogP) is 0.572. The van der Waals surface area contributed by atoms with Crippen LogP contribution in [0.4, 0.5) is 11.8 Å². The first-order chi connectivity index (χ1) is 12.7. The normalized spacial score (nSPS) is 18.3. The Kier molecular flexibility index (Phi) is 4.70. The van der Waals surface area contributed by atoms with Crippen molar-refractivity contribution in [1.29, 1.82) is 0 Å². The zero-order valence-electron chi connectivity index (χ0n) is 14.8. The maximum atomic E-state index is 12.5. The fourth-order valence-electron chi connectivity index (χ4n) is 3.20. The Morgan fingerprint density at radius 1 is 1.08 bits per heavy atom. The maximum Gasteiger partial charge on any atom is 0.276 e. The number of hydrogen-bond acceptors (Lipinski definition) is 8. The summed E-state index contributed by atoms with van der Waals surface area (Å²) in [6.07, 6.45) is 1.79. The number of aromatic nitrogens is 3. The number of aryl methyl sites for hydroxylation is 1. The van der Waals surface area contributed by atoms with Gasteiger partial charge in [-0.1, -0.05) is 5.16 Å². The van der Waals surface area contributed by atoms with Crippen molar-refractivity contribution in [2.24, 2.45) is 0 Å². The van der Waals surface area contributed by atoms with Crippen molar-refractivity contribution in [2.75, 3.05) is 62.3 Å². The number of anilines is 2. The Bertz CT molecular complexity index is 765. The SMILES string of the molecule is Cc1cc(C(=O)N2CCN(c3ccnc(N4CCOCC4)n3)CC2)no1. The summed E-state index contributed by atoms with van der Waals surface area (Å²) in [6, 6.07) is 3.59. The molecule has 0 saturated carbocycles. The van der Waals surface area contributed by atoms with Crippen LogP contribution in [0.5, 0.6) is 0 Å². The smallest absolute Gasteiger partial charge is 0.276 e. The van der Waals surface area contributed by atoms with Crippen molar-refractivity contribution in [3.8, 4) is 0 Å². The zero-order valence-corrected chi connectivity index (χ0v) is 14.8. The van der Waals surface area contributed by atoms with Gasteiger partial charge in [0.25, 0.3) is 5.91 Å². The summed E-state index contributed by atoms with van der Waals surface area (Å²) in [7, 11) is 0. The van der Waals surface area contributed by atoms with Gasteiger partial charge >= 0.3 is 0 Å². The lowest BCUT2D eigenvalue weighted by Crippen LogP contribution is -2.49. The number of ether oxygens (including phenoxy) is 1. The number of amides is 1. The summed E-state index contributed by atoms with van der Waals surface area (Å²) in [4.78, 5) is 27.7. The molecule has 9 nitrogen and oxygen atoms in total. The number of morpholine rings is 1. The molecule has 2 aliphatic rings. The number of piperazine rings is 1. The lowest BCUT2D eigenvalue weighted by molar-refractivity contribution is 0.0736. The van der Waals surface area contributed by atoms with E-state index < -0.39 is 0 Å². The summed E-state index contributed by atoms with van der Waals surface area (Å²) in [5.74, 6) is 2.19. The monoisotopic (exact) mass is 358 g/mol. The molecule has 0 aromatic carbocycles.